The van der Waals surface area contributed by atoms with E-state index in [1.165, 1.54) is 0 Å². The van der Waals surface area contributed by atoms with Crippen LogP contribution in [0.5, 0.6) is 0 Å². The molecule has 184 valence electrons. The molecule has 4 heterocycles. The van der Waals surface area contributed by atoms with Gasteiger partial charge in [-0.15, -0.1) is 0 Å². The number of rotatable bonds is 6. The molecule has 9 nitrogen and oxygen atoms in total. The summed E-state index contributed by atoms with van der Waals surface area (Å²) in [5, 5.41) is 18.3. The van der Waals surface area contributed by atoms with Gasteiger partial charge in [0.15, 0.2) is 11.5 Å². The Morgan fingerprint density at radius 1 is 0.946 bits per heavy atom. The molecular weight excluding hydrogens is 468 g/mol. The predicted octanol–water partition coefficient (Wildman–Crippen LogP) is 4.73. The summed E-state index contributed by atoms with van der Waals surface area (Å²) in [6, 6.07) is 20.6. The molecule has 0 bridgehead atoms. The fraction of sp³-hybridized carbons (Fsp3) is 0.143. The van der Waals surface area contributed by atoms with E-state index in [0.717, 1.165) is 46.7 Å². The summed E-state index contributed by atoms with van der Waals surface area (Å²) in [4.78, 5) is 23.2. The van der Waals surface area contributed by atoms with Gasteiger partial charge in [0.2, 0.25) is 0 Å². The number of para-hydroxylation sites is 1. The molecule has 2 N–H and O–H groups in total. The zero-order valence-corrected chi connectivity index (χ0v) is 19.9. The summed E-state index contributed by atoms with van der Waals surface area (Å²) < 4.78 is 7.31. The van der Waals surface area contributed by atoms with E-state index in [9.17, 15) is 9.90 Å². The van der Waals surface area contributed by atoms with Gasteiger partial charge >= 0.3 is 5.97 Å². The van der Waals surface area contributed by atoms with E-state index in [1.54, 1.807) is 35.0 Å². The Morgan fingerprint density at radius 3 is 2.57 bits per heavy atom. The Labute approximate surface area is 212 Å². The number of aromatic carboxylic acids is 1. The van der Waals surface area contributed by atoms with Gasteiger partial charge in [-0.25, -0.2) is 14.8 Å². The maximum absolute atomic E-state index is 11.3. The summed E-state index contributed by atoms with van der Waals surface area (Å²) in [6.45, 7) is 2.88. The summed E-state index contributed by atoms with van der Waals surface area (Å²) in [6.07, 6.45) is 5.61. The van der Waals surface area contributed by atoms with Crippen molar-refractivity contribution < 1.29 is 14.6 Å². The summed E-state index contributed by atoms with van der Waals surface area (Å²) in [5.41, 5.74) is 5.07. The van der Waals surface area contributed by atoms with Crippen LogP contribution < -0.4 is 10.2 Å². The van der Waals surface area contributed by atoms with Crippen molar-refractivity contribution >= 4 is 51.9 Å². The van der Waals surface area contributed by atoms with E-state index in [-0.39, 0.29) is 5.56 Å². The fourth-order valence-electron chi connectivity index (χ4n) is 4.41. The fourth-order valence-corrected chi connectivity index (χ4v) is 4.41. The molecule has 1 fully saturated rings. The number of morpholine rings is 1. The first-order valence-corrected chi connectivity index (χ1v) is 12.0. The van der Waals surface area contributed by atoms with Crippen LogP contribution in [-0.4, -0.2) is 57.0 Å². The van der Waals surface area contributed by atoms with E-state index in [4.69, 9.17) is 14.7 Å². The van der Waals surface area contributed by atoms with Crippen molar-refractivity contribution in [2.45, 2.75) is 0 Å². The summed E-state index contributed by atoms with van der Waals surface area (Å²) in [5.74, 6) is -0.296. The van der Waals surface area contributed by atoms with Gasteiger partial charge in [0.1, 0.15) is 5.69 Å². The maximum atomic E-state index is 11.3. The van der Waals surface area contributed by atoms with Crippen LogP contribution in [0.15, 0.2) is 72.9 Å². The number of nitrogens with zero attached hydrogens (tertiary/aromatic N) is 5. The molecule has 9 heteroatoms. The number of imidazole rings is 1. The van der Waals surface area contributed by atoms with E-state index >= 15 is 0 Å². The van der Waals surface area contributed by atoms with Crippen LogP contribution in [0.25, 0.3) is 28.7 Å². The summed E-state index contributed by atoms with van der Waals surface area (Å²) in [7, 11) is 0. The molecule has 3 aromatic heterocycles. The number of pyridine rings is 1. The number of carboxylic acids is 1. The molecule has 1 aliphatic rings. The van der Waals surface area contributed by atoms with Crippen molar-refractivity contribution in [2.24, 2.45) is 0 Å². The number of carbonyl (C=O) groups is 1. The number of aromatic nitrogens is 4. The van der Waals surface area contributed by atoms with E-state index < -0.39 is 5.97 Å². The Hall–Kier alpha value is -4.76. The molecule has 1 saturated heterocycles. The first-order chi connectivity index (χ1) is 18.2. The lowest BCUT2D eigenvalue weighted by Crippen LogP contribution is -2.36. The highest BCUT2D eigenvalue weighted by molar-refractivity contribution is 5.88. The third-order valence-electron chi connectivity index (χ3n) is 6.30. The minimum atomic E-state index is -0.968. The van der Waals surface area contributed by atoms with Gasteiger partial charge in [-0.2, -0.15) is 9.61 Å². The van der Waals surface area contributed by atoms with Gasteiger partial charge < -0.3 is 20.1 Å². The van der Waals surface area contributed by atoms with Gasteiger partial charge in [0.05, 0.1) is 41.9 Å². The average molecular weight is 493 g/mol. The Balaban J connectivity index is 1.42. The van der Waals surface area contributed by atoms with Gasteiger partial charge in [-0.3, -0.25) is 0 Å². The van der Waals surface area contributed by atoms with E-state index in [1.807, 2.05) is 54.6 Å². The van der Waals surface area contributed by atoms with Crippen molar-refractivity contribution in [1.29, 1.82) is 0 Å². The van der Waals surface area contributed by atoms with Crippen molar-refractivity contribution in [3.05, 3.63) is 89.9 Å². The Kier molecular flexibility index (Phi) is 5.95. The highest BCUT2D eigenvalue weighted by atomic mass is 16.5. The van der Waals surface area contributed by atoms with Gasteiger partial charge in [-0.05, 0) is 54.6 Å². The van der Waals surface area contributed by atoms with E-state index in [2.05, 4.69) is 15.3 Å². The van der Waals surface area contributed by atoms with Crippen LogP contribution in [0.1, 0.15) is 21.7 Å². The SMILES string of the molecule is O=C(O)c1ccc(Nc2c(/C=C/c3ccc4ccccc4n3)nc3c(N4CCOCC4)ccnn23)cc1. The molecule has 0 unspecified atom stereocenters. The largest absolute Gasteiger partial charge is 0.478 e. The third-order valence-corrected chi connectivity index (χ3v) is 6.30. The topological polar surface area (TPSA) is 105 Å². The maximum Gasteiger partial charge on any atom is 0.335 e. The van der Waals surface area contributed by atoms with E-state index in [0.29, 0.717) is 24.7 Å². The molecule has 0 amide bonds. The van der Waals surface area contributed by atoms with Crippen molar-refractivity contribution in [1.82, 2.24) is 19.6 Å². The molecular formula is C28H24N6O3. The molecule has 0 atom stereocenters. The van der Waals surface area contributed by atoms with Crippen molar-refractivity contribution in [2.75, 3.05) is 36.5 Å². The third kappa shape index (κ3) is 4.60. The van der Waals surface area contributed by atoms with Crippen LogP contribution in [0.3, 0.4) is 0 Å². The van der Waals surface area contributed by atoms with Gasteiger partial charge in [-0.1, -0.05) is 24.3 Å². The molecule has 0 saturated carbocycles. The minimum Gasteiger partial charge on any atom is -0.478 e. The Bertz CT molecular complexity index is 1620. The summed E-state index contributed by atoms with van der Waals surface area (Å²) >= 11 is 0. The molecule has 37 heavy (non-hydrogen) atoms. The first kappa shape index (κ1) is 22.7. The monoisotopic (exact) mass is 492 g/mol. The number of hydrogen-bond donors (Lipinski definition) is 2. The second-order valence-electron chi connectivity index (χ2n) is 8.67. The zero-order chi connectivity index (χ0) is 25.2. The van der Waals surface area contributed by atoms with Crippen molar-refractivity contribution in [3.8, 4) is 0 Å². The predicted molar refractivity (Wildman–Crippen MR) is 143 cm³/mol. The number of hydrogen-bond acceptors (Lipinski definition) is 7. The lowest BCUT2D eigenvalue weighted by molar-refractivity contribution is 0.0697. The quantitative estimate of drug-likeness (QED) is 0.351. The number of carboxylic acid groups (broad SMARTS) is 1. The average Bonchev–Trinajstić information content (AvgIpc) is 3.29. The standard InChI is InChI=1S/C28H24N6O3/c35-28(36)20-6-9-22(10-7-20)31-26-24(12-11-21-8-5-19-3-1-2-4-23(19)30-21)32-27-25(13-14-29-34(26)27)33-15-17-37-18-16-33/h1-14,31H,15-18H2,(H,35,36)/b12-11+. The van der Waals surface area contributed by atoms with Crippen LogP contribution in [-0.2, 0) is 4.74 Å². The zero-order valence-electron chi connectivity index (χ0n) is 19.9. The molecule has 6 rings (SSSR count). The lowest BCUT2D eigenvalue weighted by Gasteiger charge is -2.28. The van der Waals surface area contributed by atoms with Crippen LogP contribution >= 0.6 is 0 Å². The second kappa shape index (κ2) is 9.71. The molecule has 5 aromatic rings. The van der Waals surface area contributed by atoms with Crippen LogP contribution in [0.2, 0.25) is 0 Å². The number of benzene rings is 2. The van der Waals surface area contributed by atoms with Gasteiger partial charge in [0.25, 0.3) is 0 Å². The Morgan fingerprint density at radius 2 is 1.76 bits per heavy atom. The normalized spacial score (nSPS) is 14.0. The second-order valence-corrected chi connectivity index (χ2v) is 8.67. The molecule has 0 spiro atoms. The number of anilines is 3. The highest BCUT2D eigenvalue weighted by Gasteiger charge is 2.20. The van der Waals surface area contributed by atoms with Gasteiger partial charge in [0, 0.05) is 24.2 Å². The van der Waals surface area contributed by atoms with Crippen LogP contribution in [0, 0.1) is 0 Å². The number of ether oxygens (including phenoxy) is 1. The first-order valence-electron chi connectivity index (χ1n) is 12.0. The molecule has 1 aliphatic heterocycles. The number of nitrogens with one attached hydrogen (secondary N) is 1. The molecule has 2 aromatic carbocycles. The van der Waals surface area contributed by atoms with Crippen molar-refractivity contribution in [3.63, 3.8) is 0 Å². The lowest BCUT2D eigenvalue weighted by atomic mass is 10.2. The molecule has 0 radical (unpaired) electrons. The highest BCUT2D eigenvalue weighted by Crippen LogP contribution is 2.29. The number of fused-ring (bicyclic) bond motifs is 2. The molecule has 0 aliphatic carbocycles. The minimum absolute atomic E-state index is 0.221. The smallest absolute Gasteiger partial charge is 0.335 e. The van der Waals surface area contributed by atoms with Crippen LogP contribution in [0.4, 0.5) is 17.2 Å².